The van der Waals surface area contributed by atoms with Gasteiger partial charge in [-0.25, -0.2) is 0 Å². The molecule has 1 aromatic rings. The number of hydrogen-bond acceptors (Lipinski definition) is 2. The van der Waals surface area contributed by atoms with Crippen LogP contribution >= 0.6 is 0 Å². The van der Waals surface area contributed by atoms with Crippen molar-refractivity contribution in [2.45, 2.75) is 6.04 Å². The van der Waals surface area contributed by atoms with E-state index in [2.05, 4.69) is 11.6 Å². The highest BCUT2D eigenvalue weighted by atomic mass is 14.8. The lowest BCUT2D eigenvalue weighted by molar-refractivity contribution is 0.876. The Morgan fingerprint density at radius 3 is 3.00 bits per heavy atom. The predicted molar refractivity (Wildman–Crippen MR) is 42.6 cm³/mol. The van der Waals surface area contributed by atoms with E-state index in [0.29, 0.717) is 5.56 Å². The predicted octanol–water partition coefficient (Wildman–Crippen LogP) is 1.07. The zero-order chi connectivity index (χ0) is 8.27. The molecule has 0 radical (unpaired) electrons. The van der Waals surface area contributed by atoms with E-state index >= 15 is 0 Å². The van der Waals surface area contributed by atoms with Gasteiger partial charge in [0.15, 0.2) is 0 Å². The summed E-state index contributed by atoms with van der Waals surface area (Å²) in [6, 6.07) is 3.51. The Balaban J connectivity index is 2.90. The maximum absolute atomic E-state index is 8.47. The molecule has 1 rings (SSSR count). The second-order valence-electron chi connectivity index (χ2n) is 2.22. The maximum atomic E-state index is 8.47. The van der Waals surface area contributed by atoms with Gasteiger partial charge in [-0.05, 0) is 6.07 Å². The second kappa shape index (κ2) is 3.04. The molecule has 1 atom stereocenters. The van der Waals surface area contributed by atoms with Crippen molar-refractivity contribution in [1.82, 2.24) is 4.98 Å². The van der Waals surface area contributed by atoms with Gasteiger partial charge in [-0.1, -0.05) is 6.08 Å². The first kappa shape index (κ1) is 7.58. The number of rotatable bonds is 2. The molecule has 0 aromatic carbocycles. The van der Waals surface area contributed by atoms with E-state index in [9.17, 15) is 0 Å². The monoisotopic (exact) mass is 147 g/mol. The van der Waals surface area contributed by atoms with Gasteiger partial charge in [0.1, 0.15) is 6.07 Å². The maximum Gasteiger partial charge on any atom is 0.101 e. The Kier molecular flexibility index (Phi) is 2.09. The van der Waals surface area contributed by atoms with Gasteiger partial charge in [0.05, 0.1) is 11.6 Å². The van der Waals surface area contributed by atoms with Crippen molar-refractivity contribution in [1.29, 1.82) is 5.26 Å². The average Bonchev–Trinajstić information content (AvgIpc) is 2.50. The number of nitrogens with two attached hydrogens (primary N) is 1. The molecule has 0 amide bonds. The summed E-state index contributed by atoms with van der Waals surface area (Å²) in [4.78, 5) is 2.89. The lowest BCUT2D eigenvalue weighted by Crippen LogP contribution is -2.06. The average molecular weight is 147 g/mol. The molecule has 0 aliphatic rings. The highest BCUT2D eigenvalue weighted by Crippen LogP contribution is 2.10. The fourth-order valence-electron chi connectivity index (χ4n) is 0.796. The third-order valence-corrected chi connectivity index (χ3v) is 1.45. The molecule has 56 valence electrons. The van der Waals surface area contributed by atoms with Gasteiger partial charge in [0.25, 0.3) is 0 Å². The van der Waals surface area contributed by atoms with E-state index in [-0.39, 0.29) is 6.04 Å². The molecule has 0 fully saturated rings. The summed E-state index contributed by atoms with van der Waals surface area (Å²) in [5.74, 6) is 0. The summed E-state index contributed by atoms with van der Waals surface area (Å²) in [5.41, 5.74) is 7.01. The van der Waals surface area contributed by atoms with E-state index in [1.54, 1.807) is 18.3 Å². The fourth-order valence-corrected chi connectivity index (χ4v) is 0.796. The molecule has 0 aliphatic carbocycles. The van der Waals surface area contributed by atoms with Gasteiger partial charge >= 0.3 is 0 Å². The molecule has 1 heterocycles. The van der Waals surface area contributed by atoms with Crippen molar-refractivity contribution in [2.24, 2.45) is 5.73 Å². The summed E-state index contributed by atoms with van der Waals surface area (Å²) >= 11 is 0. The Hall–Kier alpha value is -1.53. The van der Waals surface area contributed by atoms with Crippen molar-refractivity contribution in [3.05, 3.63) is 36.2 Å². The first-order valence-corrected chi connectivity index (χ1v) is 3.24. The second-order valence-corrected chi connectivity index (χ2v) is 2.22. The van der Waals surface area contributed by atoms with E-state index in [1.165, 1.54) is 0 Å². The molecule has 0 saturated carbocycles. The number of H-pyrrole nitrogens is 1. The standard InChI is InChI=1S/C8H9N3/c1-2-7(10)8-3-6(4-9)5-11-8/h2-3,5,7,11H,1,10H2/t7-/m1/s1. The summed E-state index contributed by atoms with van der Waals surface area (Å²) in [5, 5.41) is 8.47. The zero-order valence-corrected chi connectivity index (χ0v) is 6.04. The minimum atomic E-state index is -0.211. The lowest BCUT2D eigenvalue weighted by atomic mass is 10.2. The van der Waals surface area contributed by atoms with E-state index in [1.807, 2.05) is 6.07 Å². The highest BCUT2D eigenvalue weighted by Gasteiger charge is 2.02. The molecule has 3 nitrogen and oxygen atoms in total. The molecule has 3 N–H and O–H groups in total. The minimum Gasteiger partial charge on any atom is -0.362 e. The molecule has 0 bridgehead atoms. The van der Waals surface area contributed by atoms with Crippen LogP contribution < -0.4 is 5.73 Å². The molecule has 0 spiro atoms. The van der Waals surface area contributed by atoms with Crippen molar-refractivity contribution in [3.8, 4) is 6.07 Å². The first-order chi connectivity index (χ1) is 5.27. The number of nitrogens with zero attached hydrogens (tertiary/aromatic N) is 1. The molecule has 0 saturated heterocycles. The smallest absolute Gasteiger partial charge is 0.101 e. The van der Waals surface area contributed by atoms with Crippen molar-refractivity contribution >= 4 is 0 Å². The number of hydrogen-bond donors (Lipinski definition) is 2. The summed E-state index contributed by atoms with van der Waals surface area (Å²) in [7, 11) is 0. The van der Waals surface area contributed by atoms with E-state index in [0.717, 1.165) is 5.69 Å². The van der Waals surface area contributed by atoms with Crippen LogP contribution in [0.4, 0.5) is 0 Å². The highest BCUT2D eigenvalue weighted by molar-refractivity contribution is 5.31. The van der Waals surface area contributed by atoms with Crippen LogP contribution in [0.1, 0.15) is 17.3 Å². The normalized spacial score (nSPS) is 12.0. The molecule has 0 aliphatic heterocycles. The topological polar surface area (TPSA) is 65.6 Å². The van der Waals surface area contributed by atoms with Crippen LogP contribution in [-0.4, -0.2) is 4.98 Å². The Morgan fingerprint density at radius 2 is 2.55 bits per heavy atom. The molecular formula is C8H9N3. The zero-order valence-electron chi connectivity index (χ0n) is 6.04. The Bertz CT molecular complexity index is 293. The lowest BCUT2D eigenvalue weighted by Gasteiger charge is -1.99. The van der Waals surface area contributed by atoms with Gasteiger partial charge in [0.2, 0.25) is 0 Å². The van der Waals surface area contributed by atoms with Crippen LogP contribution in [0, 0.1) is 11.3 Å². The van der Waals surface area contributed by atoms with Crippen LogP contribution in [0.3, 0.4) is 0 Å². The summed E-state index contributed by atoms with van der Waals surface area (Å²) in [6.07, 6.45) is 3.24. The molecule has 11 heavy (non-hydrogen) atoms. The minimum absolute atomic E-state index is 0.211. The largest absolute Gasteiger partial charge is 0.362 e. The Labute approximate surface area is 65.1 Å². The van der Waals surface area contributed by atoms with Crippen LogP contribution in [0.15, 0.2) is 24.9 Å². The number of aromatic amines is 1. The summed E-state index contributed by atoms with van der Waals surface area (Å²) in [6.45, 7) is 3.54. The first-order valence-electron chi connectivity index (χ1n) is 3.24. The quantitative estimate of drug-likeness (QED) is 0.614. The van der Waals surface area contributed by atoms with Crippen LogP contribution in [0.25, 0.3) is 0 Å². The van der Waals surface area contributed by atoms with E-state index in [4.69, 9.17) is 11.0 Å². The SMILES string of the molecule is C=C[C@@H](N)c1cc(C#N)c[nH]1. The van der Waals surface area contributed by atoms with Gasteiger partial charge in [-0.3, -0.25) is 0 Å². The molecule has 3 heteroatoms. The van der Waals surface area contributed by atoms with Gasteiger partial charge < -0.3 is 10.7 Å². The molecule has 0 unspecified atom stereocenters. The summed E-state index contributed by atoms with van der Waals surface area (Å²) < 4.78 is 0. The number of nitrogens with one attached hydrogen (secondary N) is 1. The number of nitriles is 1. The van der Waals surface area contributed by atoms with Gasteiger partial charge in [-0.2, -0.15) is 5.26 Å². The van der Waals surface area contributed by atoms with E-state index < -0.39 is 0 Å². The van der Waals surface area contributed by atoms with Crippen LogP contribution in [0.2, 0.25) is 0 Å². The Morgan fingerprint density at radius 1 is 1.82 bits per heavy atom. The molecular weight excluding hydrogens is 138 g/mol. The third kappa shape index (κ3) is 1.48. The third-order valence-electron chi connectivity index (χ3n) is 1.45. The number of aromatic nitrogens is 1. The van der Waals surface area contributed by atoms with Crippen molar-refractivity contribution in [2.75, 3.05) is 0 Å². The van der Waals surface area contributed by atoms with Crippen molar-refractivity contribution in [3.63, 3.8) is 0 Å². The molecule has 1 aromatic heterocycles. The van der Waals surface area contributed by atoms with Gasteiger partial charge in [-0.15, -0.1) is 6.58 Å². The van der Waals surface area contributed by atoms with Crippen LogP contribution in [0.5, 0.6) is 0 Å². The fraction of sp³-hybridized carbons (Fsp3) is 0.125. The van der Waals surface area contributed by atoms with Crippen molar-refractivity contribution < 1.29 is 0 Å². The van der Waals surface area contributed by atoms with Gasteiger partial charge in [0, 0.05) is 11.9 Å². The van der Waals surface area contributed by atoms with Crippen LogP contribution in [-0.2, 0) is 0 Å².